The molecule has 6 rings (SSSR count). The highest BCUT2D eigenvalue weighted by Gasteiger charge is 2.80. The number of fused-ring (bicyclic) bond motifs is 5. The van der Waals surface area contributed by atoms with Gasteiger partial charge in [0.15, 0.2) is 18.4 Å². The van der Waals surface area contributed by atoms with Crippen LogP contribution >= 0.6 is 0 Å². The van der Waals surface area contributed by atoms with E-state index in [1.54, 1.807) is 28.1 Å². The van der Waals surface area contributed by atoms with Gasteiger partial charge in [-0.25, -0.2) is 0 Å². The Balaban J connectivity index is 1.13. The molecule has 0 radical (unpaired) electrons. The van der Waals surface area contributed by atoms with Crippen LogP contribution in [-0.2, 0) is 33.2 Å². The Labute approximate surface area is 277 Å². The number of ketones is 1. The van der Waals surface area contributed by atoms with E-state index in [2.05, 4.69) is 6.92 Å². The van der Waals surface area contributed by atoms with Crippen molar-refractivity contribution in [2.24, 2.45) is 16.7 Å². The van der Waals surface area contributed by atoms with Gasteiger partial charge in [0.25, 0.3) is 0 Å². The molecule has 2 aliphatic heterocycles. The summed E-state index contributed by atoms with van der Waals surface area (Å²) < 4.78 is 36.4. The highest BCUT2D eigenvalue weighted by atomic mass is 16.7. The number of ether oxygens (including phenoxy) is 6. The van der Waals surface area contributed by atoms with Gasteiger partial charge in [-0.15, -0.1) is 0 Å². The third kappa shape index (κ3) is 5.15. The summed E-state index contributed by atoms with van der Waals surface area (Å²) in [7, 11) is 3.20. The minimum Gasteiger partial charge on any atom is -0.392 e. The number of carbonyl (C=O) groups is 1. The fourth-order valence-corrected chi connectivity index (χ4v) is 10.6. The maximum atomic E-state index is 12.7. The van der Waals surface area contributed by atoms with Gasteiger partial charge in [0.1, 0.15) is 29.0 Å². The van der Waals surface area contributed by atoms with E-state index >= 15 is 0 Å². The first-order valence-corrected chi connectivity index (χ1v) is 17.4. The van der Waals surface area contributed by atoms with E-state index in [0.717, 1.165) is 5.57 Å². The lowest BCUT2D eigenvalue weighted by molar-refractivity contribution is -0.322. The zero-order valence-corrected chi connectivity index (χ0v) is 28.9. The van der Waals surface area contributed by atoms with Crippen molar-refractivity contribution in [3.8, 4) is 0 Å². The summed E-state index contributed by atoms with van der Waals surface area (Å²) >= 11 is 0. The zero-order valence-electron chi connectivity index (χ0n) is 28.9. The monoisotopic (exact) mass is 668 g/mol. The summed E-state index contributed by atoms with van der Waals surface area (Å²) in [5.74, 6) is -0.971. The fraction of sp³-hybridized carbons (Fsp3) is 0.914. The predicted molar refractivity (Wildman–Crippen MR) is 167 cm³/mol. The molecule has 2 saturated heterocycles. The maximum absolute atomic E-state index is 12.7. The van der Waals surface area contributed by atoms with Crippen LogP contribution in [0.4, 0.5) is 0 Å². The molecule has 47 heavy (non-hydrogen) atoms. The number of Topliss-reactive ketones (excluding diaryl/α,β-unsaturated/α-hetero) is 1. The van der Waals surface area contributed by atoms with Crippen LogP contribution in [0.2, 0.25) is 0 Å². The van der Waals surface area contributed by atoms with Gasteiger partial charge in [0.2, 0.25) is 0 Å². The second kappa shape index (κ2) is 12.3. The molecule has 2 heterocycles. The number of rotatable bonds is 7. The molecule has 0 spiro atoms. The number of aliphatic hydroxyl groups is 5. The molecule has 0 aromatic heterocycles. The van der Waals surface area contributed by atoms with Gasteiger partial charge in [0.05, 0.1) is 42.0 Å². The lowest BCUT2D eigenvalue weighted by Crippen LogP contribution is -2.78. The van der Waals surface area contributed by atoms with Gasteiger partial charge in [-0.05, 0) is 71.1 Å². The van der Waals surface area contributed by atoms with Crippen LogP contribution in [0, 0.1) is 16.7 Å². The van der Waals surface area contributed by atoms with Gasteiger partial charge in [-0.1, -0.05) is 25.5 Å². The predicted octanol–water partition coefficient (Wildman–Crippen LogP) is 1.90. The Morgan fingerprint density at radius 2 is 1.53 bits per heavy atom. The second-order valence-electron chi connectivity index (χ2n) is 15.7. The van der Waals surface area contributed by atoms with Crippen molar-refractivity contribution in [1.82, 2.24) is 0 Å². The summed E-state index contributed by atoms with van der Waals surface area (Å²) in [6, 6.07) is 0. The SMILES string of the molecule is CO[C@H]1C[C@H](O[C@H]2[C@@H](OC)C[C@H](O[C@H]3CC[C@@]4(C)C(=CC[C@]5(O)[C@@H]4C[C@@H](O)[C@@]4(C)[C@]5(O)CC[C@@]4(O)C(C)=O)C3)O[C@@H]2C)O[C@H](C)[C@H]1O. The van der Waals surface area contributed by atoms with Crippen molar-refractivity contribution in [1.29, 1.82) is 0 Å². The summed E-state index contributed by atoms with van der Waals surface area (Å²) in [4.78, 5) is 12.7. The van der Waals surface area contributed by atoms with Crippen LogP contribution in [0.5, 0.6) is 0 Å². The molecular weight excluding hydrogens is 612 g/mol. The molecule has 0 aromatic carbocycles. The Morgan fingerprint density at radius 3 is 2.19 bits per heavy atom. The van der Waals surface area contributed by atoms with Crippen LogP contribution in [0.15, 0.2) is 11.6 Å². The zero-order chi connectivity index (χ0) is 34.3. The van der Waals surface area contributed by atoms with Crippen molar-refractivity contribution in [3.63, 3.8) is 0 Å². The third-order valence-electron chi connectivity index (χ3n) is 13.7. The third-order valence-corrected chi connectivity index (χ3v) is 13.7. The van der Waals surface area contributed by atoms with E-state index < -0.39 is 82.4 Å². The number of aliphatic hydroxyl groups excluding tert-OH is 2. The molecule has 0 bridgehead atoms. The van der Waals surface area contributed by atoms with Crippen molar-refractivity contribution in [2.45, 2.75) is 171 Å². The first-order valence-electron chi connectivity index (χ1n) is 17.4. The molecule has 12 nitrogen and oxygen atoms in total. The van der Waals surface area contributed by atoms with E-state index in [-0.39, 0.29) is 44.0 Å². The average Bonchev–Trinajstić information content (AvgIpc) is 3.26. The van der Waals surface area contributed by atoms with Gasteiger partial charge < -0.3 is 54.0 Å². The molecule has 5 fully saturated rings. The Bertz CT molecular complexity index is 1230. The minimum atomic E-state index is -1.92. The van der Waals surface area contributed by atoms with E-state index in [4.69, 9.17) is 28.4 Å². The summed E-state index contributed by atoms with van der Waals surface area (Å²) in [5.41, 5.74) is -6.36. The summed E-state index contributed by atoms with van der Waals surface area (Å²) in [6.45, 7) is 8.66. The Morgan fingerprint density at radius 1 is 0.894 bits per heavy atom. The number of methoxy groups -OCH3 is 2. The molecule has 3 saturated carbocycles. The largest absolute Gasteiger partial charge is 0.392 e. The van der Waals surface area contributed by atoms with E-state index in [0.29, 0.717) is 32.1 Å². The quantitative estimate of drug-likeness (QED) is 0.250. The van der Waals surface area contributed by atoms with Gasteiger partial charge >= 0.3 is 0 Å². The van der Waals surface area contributed by atoms with E-state index in [1.807, 2.05) is 13.0 Å². The summed E-state index contributed by atoms with van der Waals surface area (Å²) in [5, 5.41) is 58.1. The van der Waals surface area contributed by atoms with Gasteiger partial charge in [-0.2, -0.15) is 0 Å². The molecule has 0 amide bonds. The highest BCUT2D eigenvalue weighted by molar-refractivity contribution is 5.87. The highest BCUT2D eigenvalue weighted by Crippen LogP contribution is 2.70. The molecule has 4 aliphatic carbocycles. The van der Waals surface area contributed by atoms with Crippen molar-refractivity contribution < 1.29 is 58.7 Å². The fourth-order valence-electron chi connectivity index (χ4n) is 10.6. The maximum Gasteiger partial charge on any atom is 0.162 e. The molecule has 5 N–H and O–H groups in total. The topological polar surface area (TPSA) is 174 Å². The van der Waals surface area contributed by atoms with Crippen LogP contribution < -0.4 is 0 Å². The van der Waals surface area contributed by atoms with Crippen LogP contribution in [0.25, 0.3) is 0 Å². The lowest BCUT2D eigenvalue weighted by Gasteiger charge is -2.66. The Kier molecular flexibility index (Phi) is 9.39. The number of hydrogen-bond donors (Lipinski definition) is 5. The molecule has 268 valence electrons. The smallest absolute Gasteiger partial charge is 0.162 e. The number of carbonyl (C=O) groups excluding carboxylic acids is 1. The van der Waals surface area contributed by atoms with Crippen LogP contribution in [0.3, 0.4) is 0 Å². The van der Waals surface area contributed by atoms with Crippen molar-refractivity contribution >= 4 is 5.78 Å². The van der Waals surface area contributed by atoms with Crippen molar-refractivity contribution in [3.05, 3.63) is 11.6 Å². The average molecular weight is 669 g/mol. The molecule has 0 aromatic rings. The second-order valence-corrected chi connectivity index (χ2v) is 15.7. The molecule has 6 aliphatic rings. The number of hydrogen-bond acceptors (Lipinski definition) is 12. The van der Waals surface area contributed by atoms with Crippen LogP contribution in [0.1, 0.15) is 92.4 Å². The molecular formula is C35H56O12. The first kappa shape index (κ1) is 35.8. The normalized spacial score (nSPS) is 54.6. The van der Waals surface area contributed by atoms with Gasteiger partial charge in [0, 0.05) is 33.0 Å². The van der Waals surface area contributed by atoms with E-state index in [1.165, 1.54) is 6.92 Å². The standard InChI is InChI=1S/C35H56O12/c1-18-29(38)23(42-6)15-28(44-18)47-30-19(2)45-27(16-24(30)43-7)46-22-9-10-31(4)21(14-22)8-11-34(40)25(31)17-26(37)32(5)33(39,20(3)36)12-13-35(32,34)41/h8,18-19,22-30,37-41H,9-17H2,1-7H3/t18-,19-,22+,23+,24+,25-,26-,27+,28+,29-,30-,31+,32-,33-,34+,35-/m1/s1. The first-order chi connectivity index (χ1) is 22.0. The Hall–Kier alpha value is -1.03. The van der Waals surface area contributed by atoms with Gasteiger partial charge in [-0.3, -0.25) is 4.79 Å². The van der Waals surface area contributed by atoms with Crippen molar-refractivity contribution in [2.75, 3.05) is 14.2 Å². The van der Waals surface area contributed by atoms with Crippen LogP contribution in [-0.4, -0.2) is 124 Å². The minimum absolute atomic E-state index is 0.0115. The molecule has 0 unspecified atom stereocenters. The lowest BCUT2D eigenvalue weighted by atomic mass is 9.42. The molecule has 16 atom stereocenters. The van der Waals surface area contributed by atoms with E-state index in [9.17, 15) is 30.3 Å². The summed E-state index contributed by atoms with van der Waals surface area (Å²) in [6.07, 6.45) is 0.0854. The molecule has 12 heteroatoms.